The Bertz CT molecular complexity index is 593. The summed E-state index contributed by atoms with van der Waals surface area (Å²) in [7, 11) is 0. The number of halogens is 1. The van der Waals surface area contributed by atoms with E-state index in [1.807, 2.05) is 30.3 Å². The van der Waals surface area contributed by atoms with Crippen LogP contribution in [0.2, 0.25) is 5.02 Å². The molecule has 1 saturated heterocycles. The highest BCUT2D eigenvalue weighted by Crippen LogP contribution is 2.32. The number of likely N-dealkylation sites (tertiary alicyclic amines) is 1. The number of aliphatic hydroxyl groups excluding tert-OH is 1. The standard InChI is InChI=1S/C16H18ClN3O/c17-13-6-2-1-5-12(13)15(21)11-20-10-3-7-14(20)16-18-8-4-9-19-16/h1-2,4-6,8-9,14-15,21H,3,7,10-11H2/t14?,15-/m0/s1. The smallest absolute Gasteiger partial charge is 0.145 e. The molecule has 0 saturated carbocycles. The maximum absolute atomic E-state index is 10.5. The molecule has 1 aromatic carbocycles. The van der Waals surface area contributed by atoms with Crippen molar-refractivity contribution in [1.29, 1.82) is 0 Å². The molecule has 1 aromatic heterocycles. The van der Waals surface area contributed by atoms with Gasteiger partial charge in [0.25, 0.3) is 0 Å². The van der Waals surface area contributed by atoms with Crippen LogP contribution < -0.4 is 0 Å². The van der Waals surface area contributed by atoms with Gasteiger partial charge in [0.05, 0.1) is 12.1 Å². The second-order valence-electron chi connectivity index (χ2n) is 5.30. The van der Waals surface area contributed by atoms with E-state index in [0.29, 0.717) is 11.6 Å². The number of hydrogen-bond donors (Lipinski definition) is 1. The zero-order chi connectivity index (χ0) is 14.7. The van der Waals surface area contributed by atoms with Gasteiger partial charge in [-0.3, -0.25) is 4.90 Å². The summed E-state index contributed by atoms with van der Waals surface area (Å²) in [6.07, 6.45) is 5.06. The molecule has 0 bridgehead atoms. The van der Waals surface area contributed by atoms with E-state index < -0.39 is 6.10 Å². The quantitative estimate of drug-likeness (QED) is 0.943. The maximum Gasteiger partial charge on any atom is 0.145 e. The van der Waals surface area contributed by atoms with Gasteiger partial charge in [-0.15, -0.1) is 0 Å². The number of aliphatic hydroxyl groups is 1. The number of nitrogens with zero attached hydrogens (tertiary/aromatic N) is 3. The Morgan fingerprint density at radius 3 is 2.76 bits per heavy atom. The Morgan fingerprint density at radius 2 is 2.00 bits per heavy atom. The summed E-state index contributed by atoms with van der Waals surface area (Å²) in [5.74, 6) is 0.835. The fourth-order valence-corrected chi connectivity index (χ4v) is 3.15. The van der Waals surface area contributed by atoms with Crippen LogP contribution in [-0.4, -0.2) is 33.1 Å². The molecule has 1 fully saturated rings. The molecule has 0 spiro atoms. The summed E-state index contributed by atoms with van der Waals surface area (Å²) in [6, 6.07) is 9.45. The van der Waals surface area contributed by atoms with Crippen LogP contribution in [0.15, 0.2) is 42.7 Å². The monoisotopic (exact) mass is 303 g/mol. The average molecular weight is 304 g/mol. The van der Waals surface area contributed by atoms with Gasteiger partial charge in [-0.1, -0.05) is 29.8 Å². The van der Waals surface area contributed by atoms with Crippen LogP contribution in [0.25, 0.3) is 0 Å². The third-order valence-electron chi connectivity index (χ3n) is 3.92. The van der Waals surface area contributed by atoms with Crippen LogP contribution in [0, 0.1) is 0 Å². The molecule has 5 heteroatoms. The zero-order valence-electron chi connectivity index (χ0n) is 11.7. The average Bonchev–Trinajstić information content (AvgIpc) is 2.96. The minimum Gasteiger partial charge on any atom is -0.387 e. The fourth-order valence-electron chi connectivity index (χ4n) is 2.89. The van der Waals surface area contributed by atoms with Crippen molar-refractivity contribution in [2.75, 3.05) is 13.1 Å². The van der Waals surface area contributed by atoms with Gasteiger partial charge in [0.2, 0.25) is 0 Å². The van der Waals surface area contributed by atoms with Crippen LogP contribution in [0.3, 0.4) is 0 Å². The van der Waals surface area contributed by atoms with Gasteiger partial charge >= 0.3 is 0 Å². The third-order valence-corrected chi connectivity index (χ3v) is 4.26. The van der Waals surface area contributed by atoms with Crippen molar-refractivity contribution in [1.82, 2.24) is 14.9 Å². The Labute approximate surface area is 129 Å². The molecule has 110 valence electrons. The Kier molecular flexibility index (Phi) is 4.48. The summed E-state index contributed by atoms with van der Waals surface area (Å²) in [6.45, 7) is 1.50. The SMILES string of the molecule is O[C@@H](CN1CCCC1c1ncccn1)c1ccccc1Cl. The topological polar surface area (TPSA) is 49.2 Å². The lowest BCUT2D eigenvalue weighted by molar-refractivity contribution is 0.104. The molecule has 1 aliphatic rings. The lowest BCUT2D eigenvalue weighted by Crippen LogP contribution is -2.29. The van der Waals surface area contributed by atoms with Crippen molar-refractivity contribution in [2.24, 2.45) is 0 Å². The normalized spacial score (nSPS) is 20.6. The van der Waals surface area contributed by atoms with Crippen LogP contribution in [0.1, 0.15) is 36.4 Å². The molecule has 1 unspecified atom stereocenters. The number of hydrogen-bond acceptors (Lipinski definition) is 4. The molecule has 2 aromatic rings. The first kappa shape index (κ1) is 14.4. The van der Waals surface area contributed by atoms with E-state index in [0.717, 1.165) is 30.8 Å². The fraction of sp³-hybridized carbons (Fsp3) is 0.375. The molecular weight excluding hydrogens is 286 g/mol. The summed E-state index contributed by atoms with van der Waals surface area (Å²) in [5, 5.41) is 11.1. The van der Waals surface area contributed by atoms with Crippen LogP contribution >= 0.6 is 11.6 Å². The van der Waals surface area contributed by atoms with E-state index in [1.165, 1.54) is 0 Å². The summed E-state index contributed by atoms with van der Waals surface area (Å²) >= 11 is 6.15. The number of β-amino-alcohol motifs (C(OH)–C–C–N with tert-alkyl or cyclic N) is 1. The lowest BCUT2D eigenvalue weighted by Gasteiger charge is -2.26. The minimum absolute atomic E-state index is 0.184. The van der Waals surface area contributed by atoms with Gasteiger partial charge < -0.3 is 5.11 Å². The second-order valence-corrected chi connectivity index (χ2v) is 5.70. The molecule has 21 heavy (non-hydrogen) atoms. The lowest BCUT2D eigenvalue weighted by atomic mass is 10.1. The highest BCUT2D eigenvalue weighted by Gasteiger charge is 2.30. The molecule has 0 aliphatic carbocycles. The molecular formula is C16H18ClN3O. The second kappa shape index (κ2) is 6.52. The molecule has 2 atom stereocenters. The van der Waals surface area contributed by atoms with Crippen LogP contribution in [0.4, 0.5) is 0 Å². The summed E-state index contributed by atoms with van der Waals surface area (Å²) in [4.78, 5) is 10.9. The van der Waals surface area contributed by atoms with Gasteiger partial charge in [0, 0.05) is 29.5 Å². The van der Waals surface area contributed by atoms with Gasteiger partial charge in [-0.2, -0.15) is 0 Å². The Balaban J connectivity index is 1.73. The first-order chi connectivity index (χ1) is 10.3. The molecule has 1 aliphatic heterocycles. The number of aromatic nitrogens is 2. The van der Waals surface area contributed by atoms with E-state index in [9.17, 15) is 5.11 Å². The van der Waals surface area contributed by atoms with Gasteiger partial charge in [0.1, 0.15) is 5.82 Å². The van der Waals surface area contributed by atoms with E-state index in [4.69, 9.17) is 11.6 Å². The number of benzene rings is 1. The van der Waals surface area contributed by atoms with Crippen LogP contribution in [-0.2, 0) is 0 Å². The van der Waals surface area contributed by atoms with Crippen molar-refractivity contribution < 1.29 is 5.11 Å². The van der Waals surface area contributed by atoms with Crippen LogP contribution in [0.5, 0.6) is 0 Å². The maximum atomic E-state index is 10.5. The Morgan fingerprint density at radius 1 is 1.24 bits per heavy atom. The first-order valence-electron chi connectivity index (χ1n) is 7.19. The molecule has 0 radical (unpaired) electrons. The Hall–Kier alpha value is -1.49. The molecule has 1 N–H and O–H groups in total. The van der Waals surface area contributed by atoms with E-state index in [2.05, 4.69) is 14.9 Å². The predicted octanol–water partition coefficient (Wildman–Crippen LogP) is 3.00. The van der Waals surface area contributed by atoms with Crippen molar-refractivity contribution in [3.05, 3.63) is 59.1 Å². The van der Waals surface area contributed by atoms with E-state index in [1.54, 1.807) is 12.4 Å². The van der Waals surface area contributed by atoms with Crippen molar-refractivity contribution >= 4 is 11.6 Å². The summed E-state index contributed by atoms with van der Waals surface area (Å²) in [5.41, 5.74) is 0.777. The minimum atomic E-state index is -0.594. The molecule has 2 heterocycles. The summed E-state index contributed by atoms with van der Waals surface area (Å²) < 4.78 is 0. The van der Waals surface area contributed by atoms with Crippen molar-refractivity contribution in [3.8, 4) is 0 Å². The van der Waals surface area contributed by atoms with E-state index in [-0.39, 0.29) is 6.04 Å². The molecule has 4 nitrogen and oxygen atoms in total. The van der Waals surface area contributed by atoms with Gasteiger partial charge in [-0.25, -0.2) is 9.97 Å². The van der Waals surface area contributed by atoms with E-state index >= 15 is 0 Å². The van der Waals surface area contributed by atoms with Gasteiger partial charge in [-0.05, 0) is 31.5 Å². The third kappa shape index (κ3) is 3.23. The van der Waals surface area contributed by atoms with Crippen molar-refractivity contribution in [2.45, 2.75) is 25.0 Å². The van der Waals surface area contributed by atoms with Gasteiger partial charge in [0.15, 0.2) is 0 Å². The molecule has 3 rings (SSSR count). The first-order valence-corrected chi connectivity index (χ1v) is 7.57. The zero-order valence-corrected chi connectivity index (χ0v) is 12.4. The van der Waals surface area contributed by atoms with Crippen molar-refractivity contribution in [3.63, 3.8) is 0 Å². The highest BCUT2D eigenvalue weighted by atomic mass is 35.5. The predicted molar refractivity (Wildman–Crippen MR) is 82.0 cm³/mol. The highest BCUT2D eigenvalue weighted by molar-refractivity contribution is 6.31. The number of rotatable bonds is 4. The largest absolute Gasteiger partial charge is 0.387 e. The molecule has 0 amide bonds.